The fourth-order valence-electron chi connectivity index (χ4n) is 4.40. The van der Waals surface area contributed by atoms with E-state index in [1.165, 1.54) is 37.6 Å². The largest absolute Gasteiger partial charge is 0.468 e. The van der Waals surface area contributed by atoms with Crippen molar-refractivity contribution in [3.05, 3.63) is 54.2 Å². The summed E-state index contributed by atoms with van der Waals surface area (Å²) in [7, 11) is 1.25. The lowest BCUT2D eigenvalue weighted by molar-refractivity contribution is -0.152. The first-order valence-electron chi connectivity index (χ1n) is 8.97. The molecule has 146 valence electrons. The van der Waals surface area contributed by atoms with Gasteiger partial charge in [0.05, 0.1) is 36.9 Å². The van der Waals surface area contributed by atoms with E-state index in [4.69, 9.17) is 9.15 Å². The summed E-state index contributed by atoms with van der Waals surface area (Å²) in [5.41, 5.74) is -1.10. The second kappa shape index (κ2) is 6.56. The van der Waals surface area contributed by atoms with E-state index in [-0.39, 0.29) is 12.1 Å². The van der Waals surface area contributed by atoms with Gasteiger partial charge in [-0.3, -0.25) is 19.7 Å². The Hall–Kier alpha value is -3.00. The fraction of sp³-hybridized carbons (Fsp3) is 0.350. The van der Waals surface area contributed by atoms with Crippen molar-refractivity contribution >= 4 is 23.5 Å². The number of nitrogens with one attached hydrogen (secondary N) is 1. The van der Waals surface area contributed by atoms with Gasteiger partial charge < -0.3 is 9.15 Å². The van der Waals surface area contributed by atoms with E-state index in [1.54, 1.807) is 19.1 Å². The Morgan fingerprint density at radius 2 is 1.96 bits per heavy atom. The molecule has 0 bridgehead atoms. The number of halogens is 1. The number of hydrogen-bond donors (Lipinski definition) is 1. The minimum absolute atomic E-state index is 0.244. The molecule has 1 aromatic carbocycles. The van der Waals surface area contributed by atoms with E-state index < -0.39 is 47.0 Å². The maximum absolute atomic E-state index is 13.3. The summed E-state index contributed by atoms with van der Waals surface area (Å²) < 4.78 is 23.8. The smallest absolute Gasteiger partial charge is 0.326 e. The lowest BCUT2D eigenvalue weighted by atomic mass is 9.78. The molecule has 2 aromatic rings. The van der Waals surface area contributed by atoms with E-state index in [2.05, 4.69) is 5.32 Å². The number of anilines is 1. The van der Waals surface area contributed by atoms with Crippen molar-refractivity contribution in [2.45, 2.75) is 24.9 Å². The van der Waals surface area contributed by atoms with Crippen LogP contribution in [0.25, 0.3) is 0 Å². The summed E-state index contributed by atoms with van der Waals surface area (Å²) >= 11 is 0. The quantitative estimate of drug-likeness (QED) is 0.640. The van der Waals surface area contributed by atoms with Crippen molar-refractivity contribution in [1.29, 1.82) is 0 Å². The molecule has 3 heterocycles. The number of benzene rings is 1. The van der Waals surface area contributed by atoms with Gasteiger partial charge in [-0.05, 0) is 42.8 Å². The number of rotatable bonds is 4. The van der Waals surface area contributed by atoms with Gasteiger partial charge in [0, 0.05) is 0 Å². The third kappa shape index (κ3) is 2.41. The highest BCUT2D eigenvalue weighted by molar-refractivity contribution is 6.24. The molecule has 2 amide bonds. The average molecular weight is 386 g/mol. The molecule has 0 radical (unpaired) electrons. The lowest BCUT2D eigenvalue weighted by Crippen LogP contribution is -2.55. The Labute approximate surface area is 160 Å². The highest BCUT2D eigenvalue weighted by Crippen LogP contribution is 2.51. The molecule has 1 aromatic heterocycles. The monoisotopic (exact) mass is 386 g/mol. The zero-order valence-electron chi connectivity index (χ0n) is 15.3. The topological polar surface area (TPSA) is 88.8 Å². The number of carbonyl (C=O) groups excluding carboxylic acids is 3. The second-order valence-corrected chi connectivity index (χ2v) is 6.95. The standard InChI is InChI=1S/C20H19FN2O5/c1-3-20(19(26)27-2)15-14(16(22-20)13-5-4-10-28-13)17(24)23(18(15)25)12-8-6-11(21)7-9-12/h4-10,14-16,22H,3H2,1-2H3/t14-,15+,16+,20-/m0/s1. The maximum atomic E-state index is 13.3. The van der Waals surface area contributed by atoms with Crippen LogP contribution in [0.4, 0.5) is 10.1 Å². The summed E-state index contributed by atoms with van der Waals surface area (Å²) in [6.07, 6.45) is 1.71. The van der Waals surface area contributed by atoms with Crippen molar-refractivity contribution in [3.63, 3.8) is 0 Å². The molecular formula is C20H19FN2O5. The summed E-state index contributed by atoms with van der Waals surface area (Å²) in [5, 5.41) is 3.15. The van der Waals surface area contributed by atoms with Gasteiger partial charge in [0.25, 0.3) is 0 Å². The molecule has 2 fully saturated rings. The molecule has 0 spiro atoms. The Balaban J connectivity index is 1.84. The van der Waals surface area contributed by atoms with Gasteiger partial charge in [-0.25, -0.2) is 9.29 Å². The summed E-state index contributed by atoms with van der Waals surface area (Å²) in [6, 6.07) is 7.80. The van der Waals surface area contributed by atoms with Crippen molar-refractivity contribution < 1.29 is 27.9 Å². The molecule has 4 rings (SSSR count). The number of methoxy groups -OCH3 is 1. The van der Waals surface area contributed by atoms with Crippen molar-refractivity contribution in [2.75, 3.05) is 12.0 Å². The Bertz CT molecular complexity index is 927. The molecular weight excluding hydrogens is 367 g/mol. The molecule has 0 saturated carbocycles. The van der Waals surface area contributed by atoms with Gasteiger partial charge in [-0.1, -0.05) is 6.92 Å². The highest BCUT2D eigenvalue weighted by Gasteiger charge is 2.68. The van der Waals surface area contributed by atoms with Gasteiger partial charge in [0.1, 0.15) is 17.1 Å². The number of furan rings is 1. The van der Waals surface area contributed by atoms with Crippen molar-refractivity contribution in [1.82, 2.24) is 5.32 Å². The molecule has 28 heavy (non-hydrogen) atoms. The SMILES string of the molecule is CC[C@]1(C(=O)OC)N[C@H](c2ccco2)[C@H]2C(=O)N(c3ccc(F)cc3)C(=O)[C@@H]21. The fourth-order valence-corrected chi connectivity index (χ4v) is 4.40. The molecule has 7 nitrogen and oxygen atoms in total. The molecule has 4 atom stereocenters. The van der Waals surface area contributed by atoms with Crippen LogP contribution in [-0.4, -0.2) is 30.4 Å². The Morgan fingerprint density at radius 1 is 1.25 bits per heavy atom. The molecule has 8 heteroatoms. The summed E-state index contributed by atoms with van der Waals surface area (Å²) in [5.74, 6) is -3.42. The molecule has 2 aliphatic heterocycles. The Kier molecular flexibility index (Phi) is 4.30. The van der Waals surface area contributed by atoms with Crippen LogP contribution in [0, 0.1) is 17.7 Å². The van der Waals surface area contributed by atoms with Crippen LogP contribution < -0.4 is 10.2 Å². The number of nitrogens with zero attached hydrogens (tertiary/aromatic N) is 1. The minimum Gasteiger partial charge on any atom is -0.468 e. The molecule has 0 unspecified atom stereocenters. The zero-order chi connectivity index (χ0) is 20.1. The molecule has 0 aliphatic carbocycles. The molecule has 1 N–H and O–H groups in total. The van der Waals surface area contributed by atoms with Gasteiger partial charge >= 0.3 is 5.97 Å². The lowest BCUT2D eigenvalue weighted by Gasteiger charge is -2.31. The van der Waals surface area contributed by atoms with E-state index >= 15 is 0 Å². The van der Waals surface area contributed by atoms with E-state index in [0.717, 1.165) is 4.90 Å². The number of carbonyl (C=O) groups is 3. The third-order valence-electron chi connectivity index (χ3n) is 5.70. The van der Waals surface area contributed by atoms with Gasteiger partial charge in [-0.15, -0.1) is 0 Å². The highest BCUT2D eigenvalue weighted by atomic mass is 19.1. The molecule has 2 saturated heterocycles. The number of ether oxygens (including phenoxy) is 1. The van der Waals surface area contributed by atoms with Crippen LogP contribution in [0.3, 0.4) is 0 Å². The number of amides is 2. The predicted molar refractivity (Wildman–Crippen MR) is 95.5 cm³/mol. The molecule has 2 aliphatic rings. The van der Waals surface area contributed by atoms with Gasteiger partial charge in [0.2, 0.25) is 11.8 Å². The van der Waals surface area contributed by atoms with Crippen LogP contribution in [0.1, 0.15) is 25.1 Å². The average Bonchev–Trinajstić information content (AvgIpc) is 3.39. The number of esters is 1. The van der Waals surface area contributed by atoms with Crippen molar-refractivity contribution in [3.8, 4) is 0 Å². The number of fused-ring (bicyclic) bond motifs is 1. The van der Waals surface area contributed by atoms with Crippen LogP contribution in [0.5, 0.6) is 0 Å². The van der Waals surface area contributed by atoms with Crippen LogP contribution in [0.2, 0.25) is 0 Å². The van der Waals surface area contributed by atoms with Crippen molar-refractivity contribution in [2.24, 2.45) is 11.8 Å². The number of hydrogen-bond acceptors (Lipinski definition) is 6. The third-order valence-corrected chi connectivity index (χ3v) is 5.70. The minimum atomic E-state index is -1.36. The van der Waals surface area contributed by atoms with Crippen LogP contribution in [-0.2, 0) is 19.1 Å². The number of imide groups is 1. The first-order valence-corrected chi connectivity index (χ1v) is 8.97. The van der Waals surface area contributed by atoms with Gasteiger partial charge in [0.15, 0.2) is 0 Å². The van der Waals surface area contributed by atoms with Gasteiger partial charge in [-0.2, -0.15) is 0 Å². The maximum Gasteiger partial charge on any atom is 0.326 e. The van der Waals surface area contributed by atoms with E-state index in [0.29, 0.717) is 5.76 Å². The zero-order valence-corrected chi connectivity index (χ0v) is 15.3. The predicted octanol–water partition coefficient (Wildman–Crippen LogP) is 2.19. The van der Waals surface area contributed by atoms with Crippen LogP contribution >= 0.6 is 0 Å². The summed E-state index contributed by atoms with van der Waals surface area (Å²) in [4.78, 5) is 40.4. The van der Waals surface area contributed by atoms with Crippen LogP contribution in [0.15, 0.2) is 47.1 Å². The van der Waals surface area contributed by atoms with E-state index in [1.807, 2.05) is 0 Å². The second-order valence-electron chi connectivity index (χ2n) is 6.95. The Morgan fingerprint density at radius 3 is 2.54 bits per heavy atom. The van der Waals surface area contributed by atoms with E-state index in [9.17, 15) is 18.8 Å². The first-order chi connectivity index (χ1) is 13.4. The summed E-state index contributed by atoms with van der Waals surface area (Å²) in [6.45, 7) is 1.75. The first kappa shape index (κ1) is 18.4. The normalized spacial score (nSPS) is 29.2.